The lowest BCUT2D eigenvalue weighted by Gasteiger charge is -2.35. The average Bonchev–Trinajstić information content (AvgIpc) is 2.42. The van der Waals surface area contributed by atoms with Gasteiger partial charge in [0.1, 0.15) is 5.60 Å². The van der Waals surface area contributed by atoms with E-state index in [2.05, 4.69) is 5.32 Å². The van der Waals surface area contributed by atoms with Crippen molar-refractivity contribution in [3.8, 4) is 0 Å². The molecule has 1 aliphatic rings. The highest BCUT2D eigenvalue weighted by Gasteiger charge is 2.36. The smallest absolute Gasteiger partial charge is 0.340 e. The van der Waals surface area contributed by atoms with Crippen LogP contribution in [0.5, 0.6) is 0 Å². The summed E-state index contributed by atoms with van der Waals surface area (Å²) in [5, 5.41) is 2.92. The van der Waals surface area contributed by atoms with Crippen LogP contribution in [0, 0.1) is 5.92 Å². The van der Waals surface area contributed by atoms with Gasteiger partial charge in [-0.15, -0.1) is 0 Å². The summed E-state index contributed by atoms with van der Waals surface area (Å²) in [5.74, 6) is -0.0218. The van der Waals surface area contributed by atoms with Gasteiger partial charge in [0, 0.05) is 18.8 Å². The molecule has 1 saturated heterocycles. The van der Waals surface area contributed by atoms with Crippen LogP contribution in [0.1, 0.15) is 37.0 Å². The number of carbonyl (C=O) groups is 1. The van der Waals surface area contributed by atoms with E-state index in [0.29, 0.717) is 16.5 Å². The Kier molecular flexibility index (Phi) is 4.95. The van der Waals surface area contributed by atoms with E-state index in [0.717, 1.165) is 25.9 Å². The first-order chi connectivity index (χ1) is 9.42. The van der Waals surface area contributed by atoms with Crippen LogP contribution in [-0.4, -0.2) is 24.7 Å². The van der Waals surface area contributed by atoms with Crippen LogP contribution in [0.15, 0.2) is 18.2 Å². The first-order valence-corrected chi connectivity index (χ1v) is 7.66. The normalized spacial score (nSPS) is 17.0. The van der Waals surface area contributed by atoms with Gasteiger partial charge >= 0.3 is 5.97 Å². The second-order valence-electron chi connectivity index (χ2n) is 5.73. The Balaban J connectivity index is 2.11. The highest BCUT2D eigenvalue weighted by molar-refractivity contribution is 6.43. The number of nitrogens with two attached hydrogens (primary N) is 1. The maximum Gasteiger partial charge on any atom is 0.340 e. The predicted molar refractivity (Wildman–Crippen MR) is 80.3 cm³/mol. The average molecular weight is 317 g/mol. The van der Waals surface area contributed by atoms with Crippen molar-refractivity contribution in [3.05, 3.63) is 33.8 Å². The summed E-state index contributed by atoms with van der Waals surface area (Å²) >= 11 is 12.0. The fourth-order valence-corrected chi connectivity index (χ4v) is 3.04. The highest BCUT2D eigenvalue weighted by atomic mass is 35.5. The molecule has 0 aromatic heterocycles. The van der Waals surface area contributed by atoms with Crippen LogP contribution >= 0.6 is 23.2 Å². The van der Waals surface area contributed by atoms with Crippen molar-refractivity contribution in [2.24, 2.45) is 5.92 Å². The van der Waals surface area contributed by atoms with E-state index in [1.54, 1.807) is 18.2 Å². The minimum absolute atomic E-state index is 0.256. The zero-order valence-electron chi connectivity index (χ0n) is 11.8. The zero-order valence-corrected chi connectivity index (χ0v) is 13.3. The fourth-order valence-electron chi connectivity index (χ4n) is 2.66. The molecule has 20 heavy (non-hydrogen) atoms. The maximum atomic E-state index is 12.3. The molecule has 3 nitrogen and oxygen atoms in total. The van der Waals surface area contributed by atoms with Crippen molar-refractivity contribution < 1.29 is 14.8 Å². The summed E-state index contributed by atoms with van der Waals surface area (Å²) in [6, 6.07) is 5.00. The predicted octanol–water partition coefficient (Wildman–Crippen LogP) is 2.90. The number of carbonyl (C=O) groups excluding carboxylic acids is 1. The Morgan fingerprint density at radius 1 is 1.30 bits per heavy atom. The largest absolute Gasteiger partial charge is 0.456 e. The van der Waals surface area contributed by atoms with Crippen molar-refractivity contribution in [1.82, 2.24) is 0 Å². The molecule has 0 aliphatic carbocycles. The number of hydrogen-bond donors (Lipinski definition) is 1. The van der Waals surface area contributed by atoms with Crippen molar-refractivity contribution in [3.63, 3.8) is 0 Å². The van der Waals surface area contributed by atoms with E-state index in [1.165, 1.54) is 0 Å². The first-order valence-electron chi connectivity index (χ1n) is 6.91. The van der Waals surface area contributed by atoms with Crippen molar-refractivity contribution in [1.29, 1.82) is 0 Å². The van der Waals surface area contributed by atoms with Crippen LogP contribution in [0.2, 0.25) is 10.0 Å². The van der Waals surface area contributed by atoms with Crippen LogP contribution in [-0.2, 0) is 4.74 Å². The third-order valence-corrected chi connectivity index (χ3v) is 4.77. The number of hydrogen-bond acceptors (Lipinski definition) is 2. The molecule has 0 atom stereocenters. The first kappa shape index (κ1) is 15.6. The quantitative estimate of drug-likeness (QED) is 0.871. The van der Waals surface area contributed by atoms with E-state index < -0.39 is 11.6 Å². The molecule has 5 heteroatoms. The number of halogens is 2. The van der Waals surface area contributed by atoms with E-state index in [4.69, 9.17) is 27.9 Å². The van der Waals surface area contributed by atoms with E-state index in [-0.39, 0.29) is 5.02 Å². The molecule has 110 valence electrons. The molecular formula is C15H20Cl2NO2+. The highest BCUT2D eigenvalue weighted by Crippen LogP contribution is 2.31. The van der Waals surface area contributed by atoms with Gasteiger partial charge < -0.3 is 10.1 Å². The standard InChI is InChI=1S/C15H19Cl2NO2/c1-15(2,10-6-8-18-9-7-10)20-14(19)11-4-3-5-12(16)13(11)17/h3-5,10,18H,6-9H2,1-2H3/p+1. The zero-order chi connectivity index (χ0) is 14.8. The molecule has 1 heterocycles. The van der Waals surface area contributed by atoms with Crippen molar-refractivity contribution in [2.45, 2.75) is 32.3 Å². The summed E-state index contributed by atoms with van der Waals surface area (Å²) in [7, 11) is 0. The maximum absolute atomic E-state index is 12.3. The molecule has 0 amide bonds. The summed E-state index contributed by atoms with van der Waals surface area (Å²) in [6.45, 7) is 6.12. The van der Waals surface area contributed by atoms with E-state index in [9.17, 15) is 4.79 Å². The van der Waals surface area contributed by atoms with Gasteiger partial charge in [-0.1, -0.05) is 29.3 Å². The van der Waals surface area contributed by atoms with Crippen molar-refractivity contribution >= 4 is 29.2 Å². The molecule has 2 N–H and O–H groups in total. The Morgan fingerprint density at radius 2 is 1.95 bits per heavy atom. The number of ether oxygens (including phenoxy) is 1. The molecule has 1 fully saturated rings. The number of piperidine rings is 1. The van der Waals surface area contributed by atoms with Crippen LogP contribution < -0.4 is 5.32 Å². The molecule has 1 aromatic carbocycles. The monoisotopic (exact) mass is 316 g/mol. The van der Waals surface area contributed by atoms with E-state index >= 15 is 0 Å². The van der Waals surface area contributed by atoms with Gasteiger partial charge in [0.05, 0.1) is 28.7 Å². The number of quaternary nitrogens is 1. The lowest BCUT2D eigenvalue weighted by molar-refractivity contribution is -0.665. The minimum Gasteiger partial charge on any atom is -0.456 e. The fraction of sp³-hybridized carbons (Fsp3) is 0.533. The summed E-state index contributed by atoms with van der Waals surface area (Å²) in [6.07, 6.45) is 2.12. The van der Waals surface area contributed by atoms with Crippen molar-refractivity contribution in [2.75, 3.05) is 13.1 Å². The molecule has 1 aliphatic heterocycles. The Morgan fingerprint density at radius 3 is 2.60 bits per heavy atom. The van der Waals surface area contributed by atoms with Gasteiger partial charge in [-0.2, -0.15) is 0 Å². The summed E-state index contributed by atoms with van der Waals surface area (Å²) < 4.78 is 5.70. The third kappa shape index (κ3) is 3.46. The second-order valence-corrected chi connectivity index (χ2v) is 6.52. The minimum atomic E-state index is -0.489. The van der Waals surface area contributed by atoms with E-state index in [1.807, 2.05) is 13.8 Å². The second kappa shape index (κ2) is 6.33. The number of rotatable bonds is 3. The molecule has 2 rings (SSSR count). The SMILES string of the molecule is CC(C)(OC(=O)c1cccc(Cl)c1Cl)C1CC[NH2+]CC1. The lowest BCUT2D eigenvalue weighted by atomic mass is 9.83. The van der Waals surface area contributed by atoms with Crippen LogP contribution in [0.3, 0.4) is 0 Å². The van der Waals surface area contributed by atoms with Gasteiger partial charge in [0.15, 0.2) is 0 Å². The molecular weight excluding hydrogens is 297 g/mol. The summed E-state index contributed by atoms with van der Waals surface area (Å²) in [4.78, 5) is 12.3. The molecule has 1 aromatic rings. The Hall–Kier alpha value is -0.770. The van der Waals surface area contributed by atoms with Crippen LogP contribution in [0.25, 0.3) is 0 Å². The Bertz CT molecular complexity index is 497. The van der Waals surface area contributed by atoms with Gasteiger partial charge in [-0.25, -0.2) is 4.79 Å². The van der Waals surface area contributed by atoms with Gasteiger partial charge in [-0.05, 0) is 26.0 Å². The van der Waals surface area contributed by atoms with Gasteiger partial charge in [0.25, 0.3) is 0 Å². The van der Waals surface area contributed by atoms with Gasteiger partial charge in [0.2, 0.25) is 0 Å². The topological polar surface area (TPSA) is 42.9 Å². The number of benzene rings is 1. The number of esters is 1. The molecule has 0 saturated carbocycles. The molecule has 0 unspecified atom stereocenters. The molecule has 0 spiro atoms. The van der Waals surface area contributed by atoms with Crippen LogP contribution in [0.4, 0.5) is 0 Å². The Labute approximate surface area is 129 Å². The third-order valence-electron chi connectivity index (χ3n) is 3.95. The molecule has 0 radical (unpaired) electrons. The summed E-state index contributed by atoms with van der Waals surface area (Å²) in [5.41, 5.74) is -0.161. The van der Waals surface area contributed by atoms with Gasteiger partial charge in [-0.3, -0.25) is 0 Å². The molecule has 0 bridgehead atoms. The lowest BCUT2D eigenvalue weighted by Crippen LogP contribution is -2.86.